The lowest BCUT2D eigenvalue weighted by atomic mass is 9.93. The molecule has 2 N–H and O–H groups in total. The van der Waals surface area contributed by atoms with Crippen LogP contribution in [0.15, 0.2) is 34.1 Å². The number of carbonyl (C=O) groups is 1. The minimum Gasteiger partial charge on any atom is -0.307 e. The van der Waals surface area contributed by atoms with Crippen molar-refractivity contribution in [2.75, 3.05) is 10.6 Å². The topological polar surface area (TPSA) is 54.0 Å². The van der Waals surface area contributed by atoms with Crippen LogP contribution in [0.1, 0.15) is 26.5 Å². The summed E-state index contributed by atoms with van der Waals surface area (Å²) in [5.74, 6) is 0. The maximum Gasteiger partial charge on any atom is 0.325 e. The highest BCUT2D eigenvalue weighted by Gasteiger charge is 2.18. The van der Waals surface area contributed by atoms with E-state index in [4.69, 9.17) is 0 Å². The number of amides is 2. The third-order valence-electron chi connectivity index (χ3n) is 2.62. The van der Waals surface area contributed by atoms with Crippen molar-refractivity contribution in [2.45, 2.75) is 26.2 Å². The Hall–Kier alpha value is -1.40. The first-order valence-corrected chi connectivity index (χ1v) is 7.82. The molecule has 0 saturated heterocycles. The van der Waals surface area contributed by atoms with Gasteiger partial charge in [-0.25, -0.2) is 9.78 Å². The number of hydrogen-bond acceptors (Lipinski definition) is 3. The number of nitrogens with one attached hydrogen (secondary N) is 2. The maximum atomic E-state index is 11.9. The van der Waals surface area contributed by atoms with E-state index in [-0.39, 0.29) is 11.4 Å². The van der Waals surface area contributed by atoms with E-state index in [0.29, 0.717) is 5.13 Å². The minimum absolute atomic E-state index is 0.0185. The van der Waals surface area contributed by atoms with E-state index < -0.39 is 0 Å². The van der Waals surface area contributed by atoms with Crippen LogP contribution in [0.5, 0.6) is 0 Å². The second-order valence-electron chi connectivity index (χ2n) is 5.35. The number of para-hydroxylation sites is 1. The molecule has 0 radical (unpaired) electrons. The molecule has 0 fully saturated rings. The fraction of sp³-hybridized carbons (Fsp3) is 0.286. The van der Waals surface area contributed by atoms with Crippen molar-refractivity contribution in [2.24, 2.45) is 0 Å². The van der Waals surface area contributed by atoms with Crippen molar-refractivity contribution in [3.8, 4) is 0 Å². The molecule has 0 atom stereocenters. The van der Waals surface area contributed by atoms with Gasteiger partial charge in [-0.15, -0.1) is 11.3 Å². The molecular weight excluding hydrogens is 338 g/mol. The van der Waals surface area contributed by atoms with Gasteiger partial charge in [0.1, 0.15) is 0 Å². The highest BCUT2D eigenvalue weighted by atomic mass is 79.9. The first-order valence-electron chi connectivity index (χ1n) is 6.15. The van der Waals surface area contributed by atoms with Gasteiger partial charge in [0.15, 0.2) is 5.13 Å². The Balaban J connectivity index is 2.02. The Morgan fingerprint density at radius 3 is 2.55 bits per heavy atom. The molecule has 4 nitrogen and oxygen atoms in total. The predicted molar refractivity (Wildman–Crippen MR) is 87.6 cm³/mol. The van der Waals surface area contributed by atoms with Gasteiger partial charge in [-0.1, -0.05) is 32.9 Å². The summed E-state index contributed by atoms with van der Waals surface area (Å²) in [6.45, 7) is 6.27. The van der Waals surface area contributed by atoms with Crippen LogP contribution in [0, 0.1) is 0 Å². The van der Waals surface area contributed by atoms with Gasteiger partial charge in [-0.2, -0.15) is 0 Å². The molecule has 0 aliphatic heterocycles. The third kappa shape index (κ3) is 3.80. The standard InChI is InChI=1S/C14H16BrN3OS/c1-14(2,3)11-8-20-13(17-11)18-12(19)16-10-7-5-4-6-9(10)15/h4-8H,1-3H3,(H2,16,17,18,19). The average molecular weight is 354 g/mol. The van der Waals surface area contributed by atoms with Crippen molar-refractivity contribution in [1.82, 2.24) is 4.98 Å². The van der Waals surface area contributed by atoms with E-state index in [9.17, 15) is 4.79 Å². The monoisotopic (exact) mass is 353 g/mol. The first-order chi connectivity index (χ1) is 9.36. The van der Waals surface area contributed by atoms with Gasteiger partial charge < -0.3 is 5.32 Å². The van der Waals surface area contributed by atoms with Crippen molar-refractivity contribution < 1.29 is 4.79 Å². The van der Waals surface area contributed by atoms with Crippen LogP contribution in [-0.2, 0) is 5.41 Å². The molecule has 2 amide bonds. The van der Waals surface area contributed by atoms with Crippen LogP contribution in [0.2, 0.25) is 0 Å². The SMILES string of the molecule is CC(C)(C)c1csc(NC(=O)Nc2ccccc2Br)n1. The van der Waals surface area contributed by atoms with E-state index in [0.717, 1.165) is 15.9 Å². The van der Waals surface area contributed by atoms with Crippen molar-refractivity contribution in [3.63, 3.8) is 0 Å². The zero-order chi connectivity index (χ0) is 14.8. The maximum absolute atomic E-state index is 11.9. The van der Waals surface area contributed by atoms with E-state index >= 15 is 0 Å². The second-order valence-corrected chi connectivity index (χ2v) is 7.06. The summed E-state index contributed by atoms with van der Waals surface area (Å²) in [6.07, 6.45) is 0. The van der Waals surface area contributed by atoms with E-state index in [1.54, 1.807) is 0 Å². The number of rotatable bonds is 2. The number of nitrogens with zero attached hydrogens (tertiary/aromatic N) is 1. The minimum atomic E-state index is -0.299. The molecule has 2 rings (SSSR count). The Kier molecular flexibility index (Phi) is 4.45. The summed E-state index contributed by atoms with van der Waals surface area (Å²) in [7, 11) is 0. The van der Waals surface area contributed by atoms with Crippen LogP contribution < -0.4 is 10.6 Å². The summed E-state index contributed by atoms with van der Waals surface area (Å²) >= 11 is 4.81. The molecule has 0 bridgehead atoms. The zero-order valence-electron chi connectivity index (χ0n) is 11.5. The van der Waals surface area contributed by atoms with Gasteiger partial charge in [-0.3, -0.25) is 5.32 Å². The molecule has 1 aromatic carbocycles. The number of thiazole rings is 1. The molecule has 0 spiro atoms. The molecule has 1 aromatic heterocycles. The van der Waals surface area contributed by atoms with Gasteiger partial charge in [0, 0.05) is 15.3 Å². The molecule has 0 aliphatic carbocycles. The highest BCUT2D eigenvalue weighted by Crippen LogP contribution is 2.26. The summed E-state index contributed by atoms with van der Waals surface area (Å²) < 4.78 is 0.838. The number of hydrogen-bond donors (Lipinski definition) is 2. The normalized spacial score (nSPS) is 11.2. The van der Waals surface area contributed by atoms with Gasteiger partial charge in [0.25, 0.3) is 0 Å². The van der Waals surface area contributed by atoms with Gasteiger partial charge in [-0.05, 0) is 28.1 Å². The predicted octanol–water partition coefficient (Wildman–Crippen LogP) is 4.85. The van der Waals surface area contributed by atoms with Gasteiger partial charge in [0.05, 0.1) is 11.4 Å². The quantitative estimate of drug-likeness (QED) is 0.810. The van der Waals surface area contributed by atoms with Crippen molar-refractivity contribution >= 4 is 44.1 Å². The van der Waals surface area contributed by atoms with E-state index in [1.165, 1.54) is 11.3 Å². The number of benzene rings is 1. The zero-order valence-corrected chi connectivity index (χ0v) is 13.9. The first kappa shape index (κ1) is 15.0. The van der Waals surface area contributed by atoms with Crippen molar-refractivity contribution in [1.29, 1.82) is 0 Å². The van der Waals surface area contributed by atoms with Crippen molar-refractivity contribution in [3.05, 3.63) is 39.8 Å². The van der Waals surface area contributed by atoms with Crippen LogP contribution >= 0.6 is 27.3 Å². The molecule has 106 valence electrons. The summed E-state index contributed by atoms with van der Waals surface area (Å²) in [5, 5.41) is 8.09. The molecule has 6 heteroatoms. The Morgan fingerprint density at radius 1 is 1.25 bits per heavy atom. The summed E-state index contributed by atoms with van der Waals surface area (Å²) in [4.78, 5) is 16.3. The van der Waals surface area contributed by atoms with E-state index in [1.807, 2.05) is 29.6 Å². The lowest BCUT2D eigenvalue weighted by molar-refractivity contribution is 0.262. The molecule has 0 unspecified atom stereocenters. The lowest BCUT2D eigenvalue weighted by Crippen LogP contribution is -2.20. The fourth-order valence-corrected chi connectivity index (χ4v) is 2.80. The molecule has 20 heavy (non-hydrogen) atoms. The Bertz CT molecular complexity index is 619. The number of aromatic nitrogens is 1. The fourth-order valence-electron chi connectivity index (χ4n) is 1.49. The van der Waals surface area contributed by atoms with Crippen LogP contribution in [0.4, 0.5) is 15.6 Å². The Morgan fingerprint density at radius 2 is 1.95 bits per heavy atom. The third-order valence-corrected chi connectivity index (χ3v) is 4.06. The smallest absolute Gasteiger partial charge is 0.307 e. The van der Waals surface area contributed by atoms with Gasteiger partial charge >= 0.3 is 6.03 Å². The number of anilines is 2. The van der Waals surface area contributed by atoms with E-state index in [2.05, 4.69) is 52.3 Å². The summed E-state index contributed by atoms with van der Waals surface area (Å²) in [5.41, 5.74) is 1.67. The number of carbonyl (C=O) groups excluding carboxylic acids is 1. The van der Waals surface area contributed by atoms with Crippen LogP contribution in [-0.4, -0.2) is 11.0 Å². The number of urea groups is 1. The molecule has 1 heterocycles. The second kappa shape index (κ2) is 5.93. The highest BCUT2D eigenvalue weighted by molar-refractivity contribution is 9.10. The van der Waals surface area contributed by atoms with Crippen LogP contribution in [0.3, 0.4) is 0 Å². The summed E-state index contributed by atoms with van der Waals surface area (Å²) in [6, 6.07) is 7.15. The Labute approximate surface area is 130 Å². The van der Waals surface area contributed by atoms with Gasteiger partial charge in [0.2, 0.25) is 0 Å². The average Bonchev–Trinajstić information content (AvgIpc) is 2.80. The molecule has 2 aromatic rings. The molecule has 0 saturated carbocycles. The lowest BCUT2D eigenvalue weighted by Gasteiger charge is -2.14. The van der Waals surface area contributed by atoms with Crippen LogP contribution in [0.25, 0.3) is 0 Å². The molecule has 0 aliphatic rings. The number of halogens is 1. The molecular formula is C14H16BrN3OS. The largest absolute Gasteiger partial charge is 0.325 e.